The van der Waals surface area contributed by atoms with E-state index in [0.717, 1.165) is 43.7 Å². The molecule has 4 rings (SSSR count). The Labute approximate surface area is 255 Å². The summed E-state index contributed by atoms with van der Waals surface area (Å²) < 4.78 is 5.93. The van der Waals surface area contributed by atoms with Crippen molar-refractivity contribution in [1.82, 2.24) is 14.7 Å². The third kappa shape index (κ3) is 9.05. The zero-order valence-electron chi connectivity index (χ0n) is 25.1. The highest BCUT2D eigenvalue weighted by Crippen LogP contribution is 2.29. The van der Waals surface area contributed by atoms with E-state index in [4.69, 9.17) is 16.3 Å². The molecule has 2 amide bonds. The lowest BCUT2D eigenvalue weighted by Gasteiger charge is -2.28. The minimum absolute atomic E-state index is 0.0701. The highest BCUT2D eigenvalue weighted by Gasteiger charge is 2.25. The first-order valence-corrected chi connectivity index (χ1v) is 15.2. The van der Waals surface area contributed by atoms with Crippen LogP contribution in [0.1, 0.15) is 47.7 Å². The summed E-state index contributed by atoms with van der Waals surface area (Å²) in [5, 5.41) is 0.573. The summed E-state index contributed by atoms with van der Waals surface area (Å²) in [6.45, 7) is 7.14. The van der Waals surface area contributed by atoms with Crippen molar-refractivity contribution in [3.63, 3.8) is 0 Å². The summed E-state index contributed by atoms with van der Waals surface area (Å²) in [7, 11) is 4.00. The standard InChI is InChI=1S/C34H43ClN4O3/c1-4-10-33(40)39-18-9-17-37(25-27-11-6-5-7-12-27)19-20-38(26-29-15-16-30(35)24-32(29)39)34(41)28-13-8-14-31(23-28)42-22-21-36(2)3/h5-8,11-16,23-24H,4,9-10,17-22,25-26H2,1-3H3. The van der Waals surface area contributed by atoms with E-state index in [1.807, 2.05) is 79.3 Å². The van der Waals surface area contributed by atoms with Crippen LogP contribution in [0.3, 0.4) is 0 Å². The lowest BCUT2D eigenvalue weighted by molar-refractivity contribution is -0.118. The molecular formula is C34H43ClN4O3. The van der Waals surface area contributed by atoms with Crippen LogP contribution in [0, 0.1) is 0 Å². The van der Waals surface area contributed by atoms with Crippen molar-refractivity contribution in [2.75, 3.05) is 58.3 Å². The number of halogens is 1. The van der Waals surface area contributed by atoms with Gasteiger partial charge in [-0.1, -0.05) is 61.0 Å². The molecule has 224 valence electrons. The number of ether oxygens (including phenoxy) is 1. The van der Waals surface area contributed by atoms with Gasteiger partial charge in [0.15, 0.2) is 0 Å². The minimum Gasteiger partial charge on any atom is -0.492 e. The molecule has 1 aliphatic rings. The third-order valence-corrected chi connectivity index (χ3v) is 7.67. The molecule has 8 heteroatoms. The van der Waals surface area contributed by atoms with Gasteiger partial charge in [0, 0.05) is 62.8 Å². The highest BCUT2D eigenvalue weighted by molar-refractivity contribution is 6.31. The SMILES string of the molecule is CCCC(=O)N1CCCN(Cc2ccccc2)CCN(C(=O)c2cccc(OCCN(C)C)c2)Cc2ccc(Cl)cc21. The predicted molar refractivity (Wildman–Crippen MR) is 170 cm³/mol. The first-order chi connectivity index (χ1) is 20.3. The Morgan fingerprint density at radius 2 is 1.74 bits per heavy atom. The molecule has 1 heterocycles. The number of likely N-dealkylation sites (N-methyl/N-ethyl adjacent to an activating group) is 1. The smallest absolute Gasteiger partial charge is 0.254 e. The molecule has 0 aliphatic carbocycles. The van der Waals surface area contributed by atoms with Crippen molar-refractivity contribution < 1.29 is 14.3 Å². The molecule has 0 unspecified atom stereocenters. The molecule has 1 aliphatic heterocycles. The maximum atomic E-state index is 14.1. The Bertz CT molecular complexity index is 1320. The number of carbonyl (C=O) groups excluding carboxylic acids is 2. The van der Waals surface area contributed by atoms with E-state index in [-0.39, 0.29) is 11.8 Å². The number of anilines is 1. The van der Waals surface area contributed by atoms with Crippen LogP contribution in [0.25, 0.3) is 0 Å². The fourth-order valence-corrected chi connectivity index (χ4v) is 5.35. The van der Waals surface area contributed by atoms with E-state index in [2.05, 4.69) is 34.1 Å². The van der Waals surface area contributed by atoms with Crippen LogP contribution in [0.4, 0.5) is 5.69 Å². The maximum absolute atomic E-state index is 14.1. The summed E-state index contributed by atoms with van der Waals surface area (Å²) in [6, 6.07) is 23.5. The van der Waals surface area contributed by atoms with Crippen molar-refractivity contribution in [2.45, 2.75) is 39.3 Å². The molecule has 3 aromatic rings. The zero-order chi connectivity index (χ0) is 29.9. The predicted octanol–water partition coefficient (Wildman–Crippen LogP) is 5.96. The van der Waals surface area contributed by atoms with Crippen LogP contribution in [0.2, 0.25) is 5.02 Å². The van der Waals surface area contributed by atoms with Gasteiger partial charge in [0.2, 0.25) is 5.91 Å². The summed E-state index contributed by atoms with van der Waals surface area (Å²) in [4.78, 5) is 35.6. The van der Waals surface area contributed by atoms with Crippen molar-refractivity contribution in [3.8, 4) is 5.75 Å². The second-order valence-corrected chi connectivity index (χ2v) is 11.5. The van der Waals surface area contributed by atoms with Crippen LogP contribution in [0.15, 0.2) is 72.8 Å². The third-order valence-electron chi connectivity index (χ3n) is 7.43. The number of fused-ring (bicyclic) bond motifs is 1. The van der Waals surface area contributed by atoms with Gasteiger partial charge in [-0.15, -0.1) is 0 Å². The first-order valence-electron chi connectivity index (χ1n) is 14.9. The molecule has 0 fully saturated rings. The number of nitrogens with zero attached hydrogens (tertiary/aromatic N) is 4. The van der Waals surface area contributed by atoms with Gasteiger partial charge in [-0.05, 0) is 68.4 Å². The monoisotopic (exact) mass is 590 g/mol. The molecule has 0 atom stereocenters. The van der Waals surface area contributed by atoms with Gasteiger partial charge in [-0.25, -0.2) is 0 Å². The van der Waals surface area contributed by atoms with Crippen molar-refractivity contribution in [2.24, 2.45) is 0 Å². The molecule has 0 saturated heterocycles. The zero-order valence-corrected chi connectivity index (χ0v) is 25.9. The first kappa shape index (κ1) is 31.5. The second kappa shape index (κ2) is 15.7. The Balaban J connectivity index is 1.66. The maximum Gasteiger partial charge on any atom is 0.254 e. The number of carbonyl (C=O) groups is 2. The molecule has 7 nitrogen and oxygen atoms in total. The summed E-state index contributed by atoms with van der Waals surface area (Å²) in [5.41, 5.74) is 3.50. The molecule has 0 saturated carbocycles. The van der Waals surface area contributed by atoms with E-state index in [0.29, 0.717) is 55.5 Å². The van der Waals surface area contributed by atoms with Crippen molar-refractivity contribution in [3.05, 3.63) is 94.5 Å². The van der Waals surface area contributed by atoms with Crippen LogP contribution in [-0.2, 0) is 17.9 Å². The van der Waals surface area contributed by atoms with Crippen LogP contribution in [-0.4, -0.2) is 79.9 Å². The molecule has 3 aromatic carbocycles. The van der Waals surface area contributed by atoms with E-state index in [1.165, 1.54) is 5.56 Å². The quantitative estimate of drug-likeness (QED) is 0.308. The van der Waals surface area contributed by atoms with Gasteiger partial charge in [-0.3, -0.25) is 14.5 Å². The average molecular weight is 591 g/mol. The molecule has 0 spiro atoms. The summed E-state index contributed by atoms with van der Waals surface area (Å²) in [5.74, 6) is 0.685. The molecule has 0 aromatic heterocycles. The highest BCUT2D eigenvalue weighted by atomic mass is 35.5. The van der Waals surface area contributed by atoms with Crippen molar-refractivity contribution in [1.29, 1.82) is 0 Å². The molecular weight excluding hydrogens is 548 g/mol. The molecule has 42 heavy (non-hydrogen) atoms. The van der Waals surface area contributed by atoms with Gasteiger partial charge in [-0.2, -0.15) is 0 Å². The number of benzene rings is 3. The Kier molecular flexibility index (Phi) is 11.8. The number of amides is 2. The van der Waals surface area contributed by atoms with Gasteiger partial charge >= 0.3 is 0 Å². The van der Waals surface area contributed by atoms with Crippen molar-refractivity contribution >= 4 is 29.1 Å². The van der Waals surface area contributed by atoms with E-state index < -0.39 is 0 Å². The van der Waals surface area contributed by atoms with Gasteiger partial charge in [0.25, 0.3) is 5.91 Å². The van der Waals surface area contributed by atoms with Crippen LogP contribution < -0.4 is 9.64 Å². The lowest BCUT2D eigenvalue weighted by Crippen LogP contribution is -2.38. The fourth-order valence-electron chi connectivity index (χ4n) is 5.18. The van der Waals surface area contributed by atoms with Crippen LogP contribution in [0.5, 0.6) is 5.75 Å². The van der Waals surface area contributed by atoms with E-state index in [1.54, 1.807) is 0 Å². The molecule has 0 bridgehead atoms. The van der Waals surface area contributed by atoms with E-state index in [9.17, 15) is 9.59 Å². The fraction of sp³-hybridized carbons (Fsp3) is 0.412. The molecule has 0 N–H and O–H groups in total. The van der Waals surface area contributed by atoms with Gasteiger partial charge in [0.1, 0.15) is 12.4 Å². The Morgan fingerprint density at radius 3 is 2.50 bits per heavy atom. The van der Waals surface area contributed by atoms with E-state index >= 15 is 0 Å². The second-order valence-electron chi connectivity index (χ2n) is 11.1. The Hall–Kier alpha value is -3.39. The number of rotatable bonds is 9. The topological polar surface area (TPSA) is 56.3 Å². The summed E-state index contributed by atoms with van der Waals surface area (Å²) in [6.07, 6.45) is 2.04. The molecule has 0 radical (unpaired) electrons. The minimum atomic E-state index is -0.0701. The number of hydrogen-bond acceptors (Lipinski definition) is 5. The van der Waals surface area contributed by atoms with Gasteiger partial charge < -0.3 is 19.4 Å². The number of hydrogen-bond donors (Lipinski definition) is 0. The normalized spacial score (nSPS) is 14.8. The Morgan fingerprint density at radius 1 is 0.929 bits per heavy atom. The lowest BCUT2D eigenvalue weighted by atomic mass is 10.1. The largest absolute Gasteiger partial charge is 0.492 e. The summed E-state index contributed by atoms with van der Waals surface area (Å²) >= 11 is 6.47. The average Bonchev–Trinajstić information content (AvgIpc) is 3.01. The van der Waals surface area contributed by atoms with Gasteiger partial charge in [0.05, 0.1) is 5.69 Å². The van der Waals surface area contributed by atoms with Crippen LogP contribution >= 0.6 is 11.6 Å².